The minimum absolute atomic E-state index is 0.244. The molecule has 0 aliphatic rings. The highest BCUT2D eigenvalue weighted by molar-refractivity contribution is 6.31. The number of rotatable bonds is 5. The van der Waals surface area contributed by atoms with Crippen molar-refractivity contribution in [2.24, 2.45) is 0 Å². The second kappa shape index (κ2) is 7.66. The van der Waals surface area contributed by atoms with Gasteiger partial charge in [-0.05, 0) is 36.8 Å². The average Bonchev–Trinajstić information content (AvgIpc) is 2.66. The first-order chi connectivity index (χ1) is 12.6. The predicted molar refractivity (Wildman–Crippen MR) is 101 cm³/mol. The van der Waals surface area contributed by atoms with Gasteiger partial charge in [-0.2, -0.15) is 0 Å². The molecule has 1 amide bonds. The molecule has 0 bridgehead atoms. The van der Waals surface area contributed by atoms with Crippen LogP contribution in [0.2, 0.25) is 5.02 Å². The van der Waals surface area contributed by atoms with Crippen molar-refractivity contribution in [2.75, 3.05) is 16.5 Å². The zero-order valence-electron chi connectivity index (χ0n) is 13.8. The van der Waals surface area contributed by atoms with Crippen LogP contribution in [0, 0.1) is 6.92 Å². The topological polar surface area (TPSA) is 118 Å². The first-order valence-electron chi connectivity index (χ1n) is 7.66. The lowest BCUT2D eigenvalue weighted by Gasteiger charge is -2.14. The Hall–Kier alpha value is -3.39. The van der Waals surface area contributed by atoms with E-state index in [0.717, 1.165) is 11.3 Å². The molecule has 0 unspecified atom stereocenters. The van der Waals surface area contributed by atoms with Crippen molar-refractivity contribution in [1.29, 1.82) is 0 Å². The molecule has 2 aromatic heterocycles. The SMILES string of the molecule is Cc1c(Cl)cccc1Nc1ncnc(NNC(=O)c2ccccn2)c1N. The van der Waals surface area contributed by atoms with Crippen LogP contribution in [0.25, 0.3) is 0 Å². The van der Waals surface area contributed by atoms with Gasteiger partial charge in [0.05, 0.1) is 0 Å². The van der Waals surface area contributed by atoms with Crippen LogP contribution in [-0.4, -0.2) is 20.9 Å². The molecule has 3 rings (SSSR count). The van der Waals surface area contributed by atoms with Crippen molar-refractivity contribution in [2.45, 2.75) is 6.92 Å². The molecular formula is C17H16ClN7O. The lowest BCUT2D eigenvalue weighted by atomic mass is 10.2. The second-order valence-electron chi connectivity index (χ2n) is 5.32. The molecule has 132 valence electrons. The molecule has 9 heteroatoms. The maximum atomic E-state index is 12.0. The van der Waals surface area contributed by atoms with E-state index in [1.165, 1.54) is 12.5 Å². The van der Waals surface area contributed by atoms with Crippen LogP contribution in [-0.2, 0) is 0 Å². The average molecular weight is 370 g/mol. The van der Waals surface area contributed by atoms with Gasteiger partial charge in [-0.1, -0.05) is 23.7 Å². The van der Waals surface area contributed by atoms with Crippen LogP contribution >= 0.6 is 11.6 Å². The fraction of sp³-hybridized carbons (Fsp3) is 0.0588. The molecule has 0 atom stereocenters. The smallest absolute Gasteiger partial charge is 0.288 e. The van der Waals surface area contributed by atoms with Gasteiger partial charge >= 0.3 is 0 Å². The molecule has 0 fully saturated rings. The molecule has 5 N–H and O–H groups in total. The highest BCUT2D eigenvalue weighted by Crippen LogP contribution is 2.29. The van der Waals surface area contributed by atoms with E-state index in [0.29, 0.717) is 10.8 Å². The van der Waals surface area contributed by atoms with Crippen LogP contribution in [0.1, 0.15) is 16.1 Å². The summed E-state index contributed by atoms with van der Waals surface area (Å²) in [6.07, 6.45) is 2.86. The first-order valence-corrected chi connectivity index (χ1v) is 8.04. The number of amides is 1. The fourth-order valence-corrected chi connectivity index (χ4v) is 2.32. The minimum Gasteiger partial charge on any atom is -0.393 e. The normalized spacial score (nSPS) is 10.2. The summed E-state index contributed by atoms with van der Waals surface area (Å²) in [5, 5.41) is 3.74. The monoisotopic (exact) mass is 369 g/mol. The molecule has 26 heavy (non-hydrogen) atoms. The largest absolute Gasteiger partial charge is 0.393 e. The van der Waals surface area contributed by atoms with Crippen LogP contribution in [0.5, 0.6) is 0 Å². The highest BCUT2D eigenvalue weighted by atomic mass is 35.5. The Labute approximate surface area is 154 Å². The zero-order valence-corrected chi connectivity index (χ0v) is 14.6. The van der Waals surface area contributed by atoms with Gasteiger partial charge in [0.1, 0.15) is 17.7 Å². The van der Waals surface area contributed by atoms with Crippen LogP contribution < -0.4 is 21.9 Å². The molecule has 2 heterocycles. The minimum atomic E-state index is -0.413. The van der Waals surface area contributed by atoms with Gasteiger partial charge in [0.15, 0.2) is 11.6 Å². The van der Waals surface area contributed by atoms with E-state index in [1.807, 2.05) is 19.1 Å². The van der Waals surface area contributed by atoms with E-state index < -0.39 is 5.91 Å². The number of hydrogen-bond donors (Lipinski definition) is 4. The van der Waals surface area contributed by atoms with Crippen LogP contribution in [0.4, 0.5) is 23.0 Å². The first kappa shape index (κ1) is 17.4. The Morgan fingerprint density at radius 2 is 1.88 bits per heavy atom. The number of hydrazine groups is 1. The second-order valence-corrected chi connectivity index (χ2v) is 5.72. The molecule has 1 aromatic carbocycles. The van der Waals surface area contributed by atoms with Gasteiger partial charge in [0.25, 0.3) is 5.91 Å². The lowest BCUT2D eigenvalue weighted by molar-refractivity contribution is 0.0957. The summed E-state index contributed by atoms with van der Waals surface area (Å²) < 4.78 is 0. The third-order valence-electron chi connectivity index (χ3n) is 3.60. The number of nitrogen functional groups attached to an aromatic ring is 1. The highest BCUT2D eigenvalue weighted by Gasteiger charge is 2.12. The van der Waals surface area contributed by atoms with Crippen molar-refractivity contribution in [3.05, 3.63) is 65.2 Å². The number of aromatic nitrogens is 3. The number of nitrogens with zero attached hydrogens (tertiary/aromatic N) is 3. The number of pyridine rings is 1. The molecule has 0 radical (unpaired) electrons. The molecule has 0 saturated heterocycles. The summed E-state index contributed by atoms with van der Waals surface area (Å²) in [7, 11) is 0. The Morgan fingerprint density at radius 1 is 1.08 bits per heavy atom. The number of nitrogens with two attached hydrogens (primary N) is 1. The number of carbonyl (C=O) groups excluding carboxylic acids is 1. The molecule has 0 aliphatic heterocycles. The zero-order chi connectivity index (χ0) is 18.5. The van der Waals surface area contributed by atoms with Gasteiger partial charge in [0.2, 0.25) is 0 Å². The van der Waals surface area contributed by atoms with Gasteiger partial charge in [-0.15, -0.1) is 0 Å². The molecule has 0 saturated carbocycles. The van der Waals surface area contributed by atoms with Crippen molar-refractivity contribution < 1.29 is 4.79 Å². The third-order valence-corrected chi connectivity index (χ3v) is 4.01. The van der Waals surface area contributed by atoms with Crippen molar-refractivity contribution in [3.63, 3.8) is 0 Å². The third kappa shape index (κ3) is 3.81. The van der Waals surface area contributed by atoms with E-state index in [-0.39, 0.29) is 17.2 Å². The Bertz CT molecular complexity index is 934. The predicted octanol–water partition coefficient (Wildman–Crippen LogP) is 2.92. The Morgan fingerprint density at radius 3 is 2.65 bits per heavy atom. The van der Waals surface area contributed by atoms with E-state index in [1.54, 1.807) is 24.3 Å². The van der Waals surface area contributed by atoms with Gasteiger partial charge < -0.3 is 11.1 Å². The van der Waals surface area contributed by atoms with E-state index >= 15 is 0 Å². The van der Waals surface area contributed by atoms with Crippen LogP contribution in [0.3, 0.4) is 0 Å². The molecule has 8 nitrogen and oxygen atoms in total. The quantitative estimate of drug-likeness (QED) is 0.510. The maximum absolute atomic E-state index is 12.0. The van der Waals surface area contributed by atoms with Gasteiger partial charge in [0, 0.05) is 16.9 Å². The lowest BCUT2D eigenvalue weighted by Crippen LogP contribution is -2.31. The molecule has 3 aromatic rings. The van der Waals surface area contributed by atoms with E-state index in [2.05, 4.69) is 31.1 Å². The molecular weight excluding hydrogens is 354 g/mol. The maximum Gasteiger partial charge on any atom is 0.288 e. The van der Waals surface area contributed by atoms with Crippen molar-refractivity contribution >= 4 is 40.5 Å². The number of anilines is 4. The molecule has 0 aliphatic carbocycles. The van der Waals surface area contributed by atoms with E-state index in [4.69, 9.17) is 17.3 Å². The summed E-state index contributed by atoms with van der Waals surface area (Å²) in [5.41, 5.74) is 13.4. The summed E-state index contributed by atoms with van der Waals surface area (Å²) in [4.78, 5) is 24.2. The van der Waals surface area contributed by atoms with E-state index in [9.17, 15) is 4.79 Å². The summed E-state index contributed by atoms with van der Waals surface area (Å²) in [5.74, 6) is 0.232. The standard InChI is InChI=1S/C17H16ClN7O/c1-10-11(18)5-4-7-12(10)23-15-14(19)16(22-9-21-15)24-25-17(26)13-6-2-3-8-20-13/h2-9H,19H2,1H3,(H,25,26)(H2,21,22,23,24). The summed E-state index contributed by atoms with van der Waals surface area (Å²) in [6.45, 7) is 1.88. The fourth-order valence-electron chi connectivity index (χ4n) is 2.14. The van der Waals surface area contributed by atoms with Crippen LogP contribution in [0.15, 0.2) is 48.9 Å². The van der Waals surface area contributed by atoms with Crippen molar-refractivity contribution in [1.82, 2.24) is 20.4 Å². The number of hydrogen-bond acceptors (Lipinski definition) is 7. The Balaban J connectivity index is 1.75. The van der Waals surface area contributed by atoms with Crippen molar-refractivity contribution in [3.8, 4) is 0 Å². The summed E-state index contributed by atoms with van der Waals surface area (Å²) >= 11 is 6.12. The Kier molecular flexibility index (Phi) is 5.14. The number of carbonyl (C=O) groups is 1. The van der Waals surface area contributed by atoms with Gasteiger partial charge in [-0.25, -0.2) is 9.97 Å². The number of halogens is 1. The molecule has 0 spiro atoms. The van der Waals surface area contributed by atoms with Gasteiger partial charge in [-0.3, -0.25) is 20.6 Å². The summed E-state index contributed by atoms with van der Waals surface area (Å²) in [6, 6.07) is 10.5. The number of nitrogens with one attached hydrogen (secondary N) is 3. The number of benzene rings is 1.